The van der Waals surface area contributed by atoms with E-state index in [4.69, 9.17) is 22.1 Å². The Labute approximate surface area is 209 Å². The van der Waals surface area contributed by atoms with Crippen LogP contribution in [0.25, 0.3) is 0 Å². The summed E-state index contributed by atoms with van der Waals surface area (Å²) in [6.45, 7) is 2.73. The molecule has 3 aromatic rings. The molecular formula is C23H21ClF3N7O2. The number of carbonyl (C=O) groups excluding carboxylic acids is 1. The summed E-state index contributed by atoms with van der Waals surface area (Å²) in [7, 11) is 0. The van der Waals surface area contributed by atoms with Gasteiger partial charge in [0.25, 0.3) is 0 Å². The second kappa shape index (κ2) is 9.01. The Bertz CT molecular complexity index is 1340. The van der Waals surface area contributed by atoms with Crippen molar-refractivity contribution in [3.63, 3.8) is 0 Å². The summed E-state index contributed by atoms with van der Waals surface area (Å²) in [4.78, 5) is 29.3. The number of hydrogen-bond donors (Lipinski definition) is 2. The molecule has 0 spiro atoms. The Morgan fingerprint density at radius 1 is 1.25 bits per heavy atom. The van der Waals surface area contributed by atoms with Crippen LogP contribution in [-0.2, 0) is 19.3 Å². The number of nitrogens with zero attached hydrogens (tertiary/aromatic N) is 5. The quantitative estimate of drug-likeness (QED) is 0.383. The van der Waals surface area contributed by atoms with Gasteiger partial charge in [0.2, 0.25) is 5.28 Å². The highest BCUT2D eigenvalue weighted by Crippen LogP contribution is 2.36. The number of aromatic nitrogens is 3. The van der Waals surface area contributed by atoms with Crippen molar-refractivity contribution in [3.8, 4) is 5.75 Å². The number of rotatable bonds is 3. The number of nitrogens with two attached hydrogens (primary N) is 1. The number of anilines is 3. The third-order valence-corrected chi connectivity index (χ3v) is 6.16. The van der Waals surface area contributed by atoms with Crippen molar-refractivity contribution in [2.24, 2.45) is 0 Å². The Morgan fingerprint density at radius 3 is 2.83 bits per heavy atom. The second-order valence-electron chi connectivity index (χ2n) is 8.48. The smallest absolute Gasteiger partial charge is 0.416 e. The van der Waals surface area contributed by atoms with Crippen molar-refractivity contribution >= 4 is 35.0 Å². The van der Waals surface area contributed by atoms with Crippen LogP contribution < -0.4 is 20.7 Å². The molecule has 0 saturated heterocycles. The van der Waals surface area contributed by atoms with Gasteiger partial charge in [-0.2, -0.15) is 13.2 Å². The molecule has 2 aromatic heterocycles. The van der Waals surface area contributed by atoms with E-state index in [1.807, 2.05) is 0 Å². The van der Waals surface area contributed by atoms with Gasteiger partial charge in [0, 0.05) is 17.4 Å². The van der Waals surface area contributed by atoms with Crippen LogP contribution in [0.4, 0.5) is 35.3 Å². The van der Waals surface area contributed by atoms with E-state index in [1.165, 1.54) is 6.07 Å². The standard InChI is InChI=1S/C23H21ClF3N7O2/c1-12(13-7-14(23(25,26)27)9-15(28)8-13)30-19-16-10-33(11-17(16)31-21(24)32-19)22(35)34-5-6-36-18-3-2-4-29-20(18)34/h2-4,7-9,12H,5-6,10-11,28H2,1H3,(H,30,31,32)/t12-/m1/s1. The molecule has 0 radical (unpaired) electrons. The minimum Gasteiger partial charge on any atom is -0.488 e. The van der Waals surface area contributed by atoms with E-state index in [-0.39, 0.29) is 30.1 Å². The highest BCUT2D eigenvalue weighted by atomic mass is 35.5. The van der Waals surface area contributed by atoms with Gasteiger partial charge in [0.1, 0.15) is 12.4 Å². The Morgan fingerprint density at radius 2 is 2.06 bits per heavy atom. The zero-order chi connectivity index (χ0) is 25.6. The molecule has 5 rings (SSSR count). The number of halogens is 4. The van der Waals surface area contributed by atoms with Crippen LogP contribution in [0.3, 0.4) is 0 Å². The molecule has 3 N–H and O–H groups in total. The monoisotopic (exact) mass is 519 g/mol. The maximum absolute atomic E-state index is 13.4. The maximum atomic E-state index is 13.4. The van der Waals surface area contributed by atoms with Crippen LogP contribution in [0, 0.1) is 0 Å². The Balaban J connectivity index is 1.39. The first-order valence-electron chi connectivity index (χ1n) is 11.0. The van der Waals surface area contributed by atoms with Gasteiger partial charge in [-0.3, -0.25) is 4.90 Å². The fourth-order valence-corrected chi connectivity index (χ4v) is 4.45. The number of urea groups is 1. The van der Waals surface area contributed by atoms with Crippen LogP contribution >= 0.6 is 11.6 Å². The maximum Gasteiger partial charge on any atom is 0.416 e. The van der Waals surface area contributed by atoms with Crippen molar-refractivity contribution in [3.05, 3.63) is 64.2 Å². The molecule has 2 aliphatic rings. The molecule has 188 valence electrons. The number of pyridine rings is 1. The molecule has 1 atom stereocenters. The molecule has 13 heteroatoms. The summed E-state index contributed by atoms with van der Waals surface area (Å²) in [6.07, 6.45) is -2.95. The van der Waals surface area contributed by atoms with Crippen LogP contribution in [0.1, 0.15) is 35.3 Å². The fraction of sp³-hybridized carbons (Fsp3) is 0.304. The van der Waals surface area contributed by atoms with Crippen molar-refractivity contribution in [2.75, 3.05) is 29.1 Å². The summed E-state index contributed by atoms with van der Waals surface area (Å²) in [5, 5.41) is 3.08. The number of benzene rings is 1. The minimum absolute atomic E-state index is 0.00408. The molecule has 2 amide bonds. The van der Waals surface area contributed by atoms with Crippen molar-refractivity contribution in [1.82, 2.24) is 19.9 Å². The number of fused-ring (bicyclic) bond motifs is 2. The van der Waals surface area contributed by atoms with Crippen molar-refractivity contribution in [2.45, 2.75) is 32.2 Å². The first kappa shape index (κ1) is 23.9. The average Bonchev–Trinajstić information content (AvgIpc) is 3.26. The summed E-state index contributed by atoms with van der Waals surface area (Å²) in [5.41, 5.74) is 6.39. The van der Waals surface area contributed by atoms with E-state index in [0.717, 1.165) is 12.1 Å². The molecule has 9 nitrogen and oxygen atoms in total. The van der Waals surface area contributed by atoms with Gasteiger partial charge in [-0.25, -0.2) is 19.7 Å². The van der Waals surface area contributed by atoms with Crippen LogP contribution in [-0.4, -0.2) is 39.0 Å². The summed E-state index contributed by atoms with van der Waals surface area (Å²) in [5.74, 6) is 1.29. The van der Waals surface area contributed by atoms with E-state index in [2.05, 4.69) is 20.3 Å². The molecular weight excluding hydrogens is 499 g/mol. The van der Waals surface area contributed by atoms with Gasteiger partial charge in [-0.15, -0.1) is 0 Å². The van der Waals surface area contributed by atoms with Gasteiger partial charge in [-0.05, 0) is 54.4 Å². The lowest BCUT2D eigenvalue weighted by Crippen LogP contribution is -2.45. The van der Waals surface area contributed by atoms with E-state index in [9.17, 15) is 18.0 Å². The largest absolute Gasteiger partial charge is 0.488 e. The van der Waals surface area contributed by atoms with Crippen LogP contribution in [0.5, 0.6) is 5.75 Å². The first-order chi connectivity index (χ1) is 17.1. The number of hydrogen-bond acceptors (Lipinski definition) is 7. The number of nitrogens with one attached hydrogen (secondary N) is 1. The zero-order valence-corrected chi connectivity index (χ0v) is 19.8. The van der Waals surface area contributed by atoms with Gasteiger partial charge in [-0.1, -0.05) is 0 Å². The normalized spacial score (nSPS) is 15.7. The summed E-state index contributed by atoms with van der Waals surface area (Å²) >= 11 is 6.14. The summed E-state index contributed by atoms with van der Waals surface area (Å²) < 4.78 is 45.4. The average molecular weight is 520 g/mol. The van der Waals surface area contributed by atoms with Gasteiger partial charge < -0.3 is 20.7 Å². The minimum atomic E-state index is -4.53. The second-order valence-corrected chi connectivity index (χ2v) is 8.82. The van der Waals surface area contributed by atoms with Crippen LogP contribution in [0.15, 0.2) is 36.5 Å². The fourth-order valence-electron chi connectivity index (χ4n) is 4.27. The third-order valence-electron chi connectivity index (χ3n) is 5.99. The molecule has 0 aliphatic carbocycles. The lowest BCUT2D eigenvalue weighted by molar-refractivity contribution is -0.137. The Hall–Kier alpha value is -3.80. The number of amides is 2. The zero-order valence-electron chi connectivity index (χ0n) is 19.0. The molecule has 1 aromatic carbocycles. The van der Waals surface area contributed by atoms with E-state index >= 15 is 0 Å². The molecule has 4 heterocycles. The number of alkyl halides is 3. The number of nitrogen functional groups attached to an aromatic ring is 1. The van der Waals surface area contributed by atoms with Crippen molar-refractivity contribution < 1.29 is 22.7 Å². The number of carbonyl (C=O) groups is 1. The number of ether oxygens (including phenoxy) is 1. The van der Waals surface area contributed by atoms with Gasteiger partial charge >= 0.3 is 12.2 Å². The van der Waals surface area contributed by atoms with E-state index in [0.29, 0.717) is 47.4 Å². The predicted octanol–water partition coefficient (Wildman–Crippen LogP) is 4.63. The highest BCUT2D eigenvalue weighted by Gasteiger charge is 2.35. The lowest BCUT2D eigenvalue weighted by atomic mass is 10.0. The molecule has 0 saturated carbocycles. The molecule has 2 aliphatic heterocycles. The first-order valence-corrected chi connectivity index (χ1v) is 11.4. The van der Waals surface area contributed by atoms with Gasteiger partial charge in [0.15, 0.2) is 11.6 Å². The summed E-state index contributed by atoms with van der Waals surface area (Å²) in [6, 6.07) is 5.99. The molecule has 0 bridgehead atoms. The SMILES string of the molecule is C[C@@H](Nc1nc(Cl)nc2c1CN(C(=O)N1CCOc3cccnc31)C2)c1cc(N)cc(C(F)(F)F)c1. The Kier molecular flexibility index (Phi) is 5.99. The molecule has 36 heavy (non-hydrogen) atoms. The third kappa shape index (κ3) is 4.55. The van der Waals surface area contributed by atoms with Crippen molar-refractivity contribution in [1.29, 1.82) is 0 Å². The van der Waals surface area contributed by atoms with E-state index in [1.54, 1.807) is 35.1 Å². The van der Waals surface area contributed by atoms with E-state index < -0.39 is 17.8 Å². The molecule has 0 unspecified atom stereocenters. The molecule has 0 fully saturated rings. The highest BCUT2D eigenvalue weighted by molar-refractivity contribution is 6.28. The topological polar surface area (TPSA) is 110 Å². The lowest BCUT2D eigenvalue weighted by Gasteiger charge is -2.31. The predicted molar refractivity (Wildman–Crippen MR) is 127 cm³/mol. The van der Waals surface area contributed by atoms with Crippen LogP contribution in [0.2, 0.25) is 5.28 Å². The van der Waals surface area contributed by atoms with Gasteiger partial charge in [0.05, 0.1) is 36.9 Å².